The maximum Gasteiger partial charge on any atom is 0.228 e. The molecule has 1 unspecified atom stereocenters. The maximum absolute atomic E-state index is 5.29. The summed E-state index contributed by atoms with van der Waals surface area (Å²) >= 11 is 0. The van der Waals surface area contributed by atoms with Gasteiger partial charge in [-0.15, -0.1) is 0 Å². The summed E-state index contributed by atoms with van der Waals surface area (Å²) in [4.78, 5) is 8.67. The molecule has 0 fully saturated rings. The second-order valence-corrected chi connectivity index (χ2v) is 4.58. The predicted molar refractivity (Wildman–Crippen MR) is 72.8 cm³/mol. The van der Waals surface area contributed by atoms with E-state index in [4.69, 9.17) is 4.52 Å². The Kier molecular flexibility index (Phi) is 5.03. The first-order chi connectivity index (χ1) is 9.31. The Labute approximate surface area is 113 Å². The maximum atomic E-state index is 5.29. The van der Waals surface area contributed by atoms with Crippen LogP contribution in [0, 0.1) is 0 Å². The van der Waals surface area contributed by atoms with Crippen LogP contribution in [0.1, 0.15) is 37.2 Å². The highest BCUT2D eigenvalue weighted by Gasteiger charge is 2.12. The molecule has 0 aliphatic carbocycles. The zero-order valence-corrected chi connectivity index (χ0v) is 11.5. The minimum atomic E-state index is 0.396. The zero-order chi connectivity index (χ0) is 13.5. The third kappa shape index (κ3) is 4.13. The molecular formula is C14H20N4O. The van der Waals surface area contributed by atoms with Crippen molar-refractivity contribution in [2.75, 3.05) is 7.05 Å². The van der Waals surface area contributed by atoms with Crippen LogP contribution in [0.3, 0.4) is 0 Å². The standard InChI is InChI=1S/C14H20N4O/c1-3-6-11(15-2)10-14-17-13(18-19-14)9-12-7-4-5-8-16-12/h4-5,7-8,11,15H,3,6,9-10H2,1-2H3. The lowest BCUT2D eigenvalue weighted by atomic mass is 10.1. The van der Waals surface area contributed by atoms with Crippen molar-refractivity contribution in [3.8, 4) is 0 Å². The molecule has 2 rings (SSSR count). The molecule has 19 heavy (non-hydrogen) atoms. The van der Waals surface area contributed by atoms with Gasteiger partial charge in [-0.25, -0.2) is 0 Å². The van der Waals surface area contributed by atoms with Crippen LogP contribution in [-0.4, -0.2) is 28.2 Å². The van der Waals surface area contributed by atoms with E-state index >= 15 is 0 Å². The molecule has 0 aromatic carbocycles. The summed E-state index contributed by atoms with van der Waals surface area (Å²) < 4.78 is 5.29. The molecule has 5 heteroatoms. The average molecular weight is 260 g/mol. The van der Waals surface area contributed by atoms with Gasteiger partial charge in [-0.2, -0.15) is 4.98 Å². The second kappa shape index (κ2) is 6.99. The molecule has 0 aliphatic rings. The molecule has 0 saturated heterocycles. The van der Waals surface area contributed by atoms with E-state index in [9.17, 15) is 0 Å². The number of pyridine rings is 1. The fourth-order valence-corrected chi connectivity index (χ4v) is 2.02. The number of rotatable bonds is 7. The van der Waals surface area contributed by atoms with E-state index in [2.05, 4.69) is 27.4 Å². The fraction of sp³-hybridized carbons (Fsp3) is 0.500. The van der Waals surface area contributed by atoms with Gasteiger partial charge in [-0.3, -0.25) is 4.98 Å². The topological polar surface area (TPSA) is 63.8 Å². The fourth-order valence-electron chi connectivity index (χ4n) is 2.02. The summed E-state index contributed by atoms with van der Waals surface area (Å²) in [5.74, 6) is 1.39. The number of hydrogen-bond acceptors (Lipinski definition) is 5. The number of nitrogens with zero attached hydrogens (tertiary/aromatic N) is 3. The van der Waals surface area contributed by atoms with Gasteiger partial charge in [0.2, 0.25) is 5.89 Å². The summed E-state index contributed by atoms with van der Waals surface area (Å²) in [6, 6.07) is 6.21. The molecule has 0 amide bonds. The van der Waals surface area contributed by atoms with Crippen LogP contribution < -0.4 is 5.32 Å². The first-order valence-corrected chi connectivity index (χ1v) is 6.70. The van der Waals surface area contributed by atoms with Crippen molar-refractivity contribution in [2.24, 2.45) is 0 Å². The van der Waals surface area contributed by atoms with Gasteiger partial charge in [-0.1, -0.05) is 24.6 Å². The summed E-state index contributed by atoms with van der Waals surface area (Å²) in [5, 5.41) is 7.28. The highest BCUT2D eigenvalue weighted by atomic mass is 16.5. The molecule has 2 aromatic heterocycles. The van der Waals surface area contributed by atoms with Gasteiger partial charge in [0.15, 0.2) is 5.82 Å². The molecule has 2 aromatic rings. The van der Waals surface area contributed by atoms with Crippen molar-refractivity contribution in [2.45, 2.75) is 38.6 Å². The Morgan fingerprint density at radius 1 is 1.37 bits per heavy atom. The minimum Gasteiger partial charge on any atom is -0.339 e. The first-order valence-electron chi connectivity index (χ1n) is 6.70. The van der Waals surface area contributed by atoms with Gasteiger partial charge in [0.25, 0.3) is 0 Å². The normalized spacial score (nSPS) is 12.5. The Bertz CT molecular complexity index is 483. The van der Waals surface area contributed by atoms with Crippen LogP contribution in [0.2, 0.25) is 0 Å². The van der Waals surface area contributed by atoms with Crippen molar-refractivity contribution in [3.63, 3.8) is 0 Å². The first kappa shape index (κ1) is 13.7. The van der Waals surface area contributed by atoms with Gasteiger partial charge in [0.05, 0.1) is 6.42 Å². The van der Waals surface area contributed by atoms with Gasteiger partial charge in [-0.05, 0) is 25.6 Å². The van der Waals surface area contributed by atoms with Crippen molar-refractivity contribution in [1.82, 2.24) is 20.4 Å². The second-order valence-electron chi connectivity index (χ2n) is 4.58. The van der Waals surface area contributed by atoms with E-state index in [0.717, 1.165) is 25.0 Å². The van der Waals surface area contributed by atoms with Crippen LogP contribution in [-0.2, 0) is 12.8 Å². The molecule has 0 spiro atoms. The summed E-state index contributed by atoms with van der Waals surface area (Å²) in [6.07, 6.45) is 5.41. The summed E-state index contributed by atoms with van der Waals surface area (Å²) in [6.45, 7) is 2.17. The molecule has 2 heterocycles. The van der Waals surface area contributed by atoms with E-state index in [1.165, 1.54) is 0 Å². The molecule has 0 saturated carbocycles. The van der Waals surface area contributed by atoms with Crippen molar-refractivity contribution < 1.29 is 4.52 Å². The zero-order valence-electron chi connectivity index (χ0n) is 11.5. The summed E-state index contributed by atoms with van der Waals surface area (Å²) in [7, 11) is 1.96. The van der Waals surface area contributed by atoms with Gasteiger partial charge in [0, 0.05) is 24.4 Å². The quantitative estimate of drug-likeness (QED) is 0.824. The minimum absolute atomic E-state index is 0.396. The van der Waals surface area contributed by atoms with Crippen LogP contribution in [0.5, 0.6) is 0 Å². The largest absolute Gasteiger partial charge is 0.339 e. The molecule has 0 aliphatic heterocycles. The Morgan fingerprint density at radius 2 is 2.26 bits per heavy atom. The highest BCUT2D eigenvalue weighted by Crippen LogP contribution is 2.08. The third-order valence-electron chi connectivity index (χ3n) is 3.04. The monoisotopic (exact) mass is 260 g/mol. The van der Waals surface area contributed by atoms with E-state index in [1.54, 1.807) is 6.20 Å². The van der Waals surface area contributed by atoms with Crippen molar-refractivity contribution in [3.05, 3.63) is 41.8 Å². The number of hydrogen-bond donors (Lipinski definition) is 1. The number of likely N-dealkylation sites (N-methyl/N-ethyl adjacent to an activating group) is 1. The van der Waals surface area contributed by atoms with Crippen LogP contribution in [0.15, 0.2) is 28.9 Å². The highest BCUT2D eigenvalue weighted by molar-refractivity contribution is 5.09. The molecule has 102 valence electrons. The van der Waals surface area contributed by atoms with Gasteiger partial charge in [0.1, 0.15) is 0 Å². The number of nitrogens with one attached hydrogen (secondary N) is 1. The Balaban J connectivity index is 1.95. The Hall–Kier alpha value is -1.75. The SMILES string of the molecule is CCCC(Cc1nc(Cc2ccccn2)no1)NC. The van der Waals surface area contributed by atoms with Crippen LogP contribution >= 0.6 is 0 Å². The van der Waals surface area contributed by atoms with Crippen LogP contribution in [0.25, 0.3) is 0 Å². The lowest BCUT2D eigenvalue weighted by Crippen LogP contribution is -2.27. The molecule has 1 N–H and O–H groups in total. The molecule has 5 nitrogen and oxygen atoms in total. The van der Waals surface area contributed by atoms with Crippen molar-refractivity contribution in [1.29, 1.82) is 0 Å². The van der Waals surface area contributed by atoms with E-state index in [1.807, 2.05) is 25.2 Å². The Morgan fingerprint density at radius 3 is 2.95 bits per heavy atom. The van der Waals surface area contributed by atoms with Crippen LogP contribution in [0.4, 0.5) is 0 Å². The summed E-state index contributed by atoms with van der Waals surface area (Å²) in [5.41, 5.74) is 0.952. The molecular weight excluding hydrogens is 240 g/mol. The lowest BCUT2D eigenvalue weighted by molar-refractivity contribution is 0.352. The van der Waals surface area contributed by atoms with Gasteiger partial charge >= 0.3 is 0 Å². The van der Waals surface area contributed by atoms with Gasteiger partial charge < -0.3 is 9.84 Å². The predicted octanol–water partition coefficient (Wildman–Crippen LogP) is 1.99. The third-order valence-corrected chi connectivity index (χ3v) is 3.04. The molecule has 1 atom stereocenters. The van der Waals surface area contributed by atoms with Crippen molar-refractivity contribution >= 4 is 0 Å². The van der Waals surface area contributed by atoms with E-state index in [-0.39, 0.29) is 0 Å². The molecule has 0 bridgehead atoms. The smallest absolute Gasteiger partial charge is 0.228 e. The molecule has 0 radical (unpaired) electrons. The lowest BCUT2D eigenvalue weighted by Gasteiger charge is -2.11. The number of aromatic nitrogens is 3. The van der Waals surface area contributed by atoms with E-state index in [0.29, 0.717) is 24.2 Å². The van der Waals surface area contributed by atoms with E-state index < -0.39 is 0 Å². The average Bonchev–Trinajstić information content (AvgIpc) is 2.86.